The van der Waals surface area contributed by atoms with Gasteiger partial charge in [0.1, 0.15) is 0 Å². The molecular weight excluding hydrogens is 390 g/mol. The number of aryl methyl sites for hydroxylation is 1. The summed E-state index contributed by atoms with van der Waals surface area (Å²) in [6.07, 6.45) is 9.23. The minimum absolute atomic E-state index is 0.143. The second-order valence-electron chi connectivity index (χ2n) is 7.43. The molecule has 3 aromatic rings. The number of pyridine rings is 1. The average molecular weight is 422 g/mol. The quantitative estimate of drug-likeness (QED) is 0.321. The van der Waals surface area contributed by atoms with Gasteiger partial charge in [-0.1, -0.05) is 19.6 Å². The summed E-state index contributed by atoms with van der Waals surface area (Å²) in [5, 5.41) is 4.93. The van der Waals surface area contributed by atoms with E-state index in [1.165, 1.54) is 0 Å². The summed E-state index contributed by atoms with van der Waals surface area (Å²) in [6.45, 7) is 8.68. The molecule has 0 spiro atoms. The molecule has 3 aromatic heterocycles. The third-order valence-electron chi connectivity index (χ3n) is 5.35. The number of fused-ring (bicyclic) bond motifs is 1. The van der Waals surface area contributed by atoms with Crippen LogP contribution < -0.4 is 0 Å². The zero-order chi connectivity index (χ0) is 22.2. The number of hydrogen-bond acceptors (Lipinski definition) is 5. The monoisotopic (exact) mass is 421 g/mol. The molecule has 6 heteroatoms. The lowest BCUT2D eigenvalue weighted by atomic mass is 9.94. The minimum atomic E-state index is -0.143. The normalized spacial score (nSPS) is 11.1. The number of carbonyl (C=O) groups is 1. The first-order valence-electron chi connectivity index (χ1n) is 10.9. The maximum absolute atomic E-state index is 11.7. The second kappa shape index (κ2) is 10.9. The first-order chi connectivity index (χ1) is 15.1. The Kier molecular flexibility index (Phi) is 7.95. The summed E-state index contributed by atoms with van der Waals surface area (Å²) in [4.78, 5) is 16.1. The van der Waals surface area contributed by atoms with Gasteiger partial charge >= 0.3 is 5.97 Å². The molecule has 0 aliphatic heterocycles. The van der Waals surface area contributed by atoms with Crippen molar-refractivity contribution < 1.29 is 14.3 Å². The first-order valence-corrected chi connectivity index (χ1v) is 10.9. The highest BCUT2D eigenvalue weighted by atomic mass is 16.5. The van der Waals surface area contributed by atoms with Crippen molar-refractivity contribution in [1.82, 2.24) is 14.6 Å². The van der Waals surface area contributed by atoms with Gasteiger partial charge in [-0.3, -0.25) is 9.78 Å². The van der Waals surface area contributed by atoms with E-state index in [9.17, 15) is 4.79 Å². The molecule has 0 radical (unpaired) electrons. The molecule has 0 saturated heterocycles. The predicted octanol–water partition coefficient (Wildman–Crippen LogP) is 5.02. The molecule has 3 rings (SSSR count). The van der Waals surface area contributed by atoms with Crippen LogP contribution in [0.3, 0.4) is 0 Å². The number of methoxy groups -OCH3 is 1. The fourth-order valence-corrected chi connectivity index (χ4v) is 3.88. The van der Waals surface area contributed by atoms with Crippen LogP contribution in [0.5, 0.6) is 0 Å². The topological polar surface area (TPSA) is 65.7 Å². The Balaban J connectivity index is 2.07. The molecule has 0 aromatic carbocycles. The van der Waals surface area contributed by atoms with Crippen LogP contribution in [0.1, 0.15) is 55.6 Å². The highest BCUT2D eigenvalue weighted by Crippen LogP contribution is 2.33. The Morgan fingerprint density at radius 3 is 2.77 bits per heavy atom. The van der Waals surface area contributed by atoms with Gasteiger partial charge in [-0.25, -0.2) is 4.52 Å². The lowest BCUT2D eigenvalue weighted by Gasteiger charge is -2.17. The highest BCUT2D eigenvalue weighted by Gasteiger charge is 2.19. The molecular formula is C25H31N3O3. The lowest BCUT2D eigenvalue weighted by molar-refractivity contribution is -0.143. The van der Waals surface area contributed by atoms with Gasteiger partial charge in [0.15, 0.2) is 0 Å². The van der Waals surface area contributed by atoms with Crippen LogP contribution in [0.15, 0.2) is 37.2 Å². The smallest absolute Gasteiger partial charge is 0.305 e. The van der Waals surface area contributed by atoms with Crippen molar-refractivity contribution in [1.29, 1.82) is 0 Å². The molecule has 0 saturated carbocycles. The number of ether oxygens (including phenoxy) is 2. The fourth-order valence-electron chi connectivity index (χ4n) is 3.88. The number of aromatic nitrogens is 3. The van der Waals surface area contributed by atoms with E-state index in [0.29, 0.717) is 19.6 Å². The van der Waals surface area contributed by atoms with Crippen LogP contribution >= 0.6 is 0 Å². The number of nitrogens with zero attached hydrogens (tertiary/aromatic N) is 3. The Hall–Kier alpha value is -2.99. The molecule has 3 heterocycles. The summed E-state index contributed by atoms with van der Waals surface area (Å²) in [6, 6.07) is 6.35. The summed E-state index contributed by atoms with van der Waals surface area (Å²) in [7, 11) is 1.69. The molecule has 0 aliphatic rings. The van der Waals surface area contributed by atoms with E-state index in [1.54, 1.807) is 19.4 Å². The minimum Gasteiger partial charge on any atom is -0.466 e. The molecule has 31 heavy (non-hydrogen) atoms. The van der Waals surface area contributed by atoms with Gasteiger partial charge in [0.2, 0.25) is 0 Å². The van der Waals surface area contributed by atoms with Crippen molar-refractivity contribution in [3.8, 4) is 11.1 Å². The fraction of sp³-hybridized carbons (Fsp3) is 0.400. The molecule has 0 unspecified atom stereocenters. The van der Waals surface area contributed by atoms with Crippen LogP contribution in [0.2, 0.25) is 0 Å². The van der Waals surface area contributed by atoms with Gasteiger partial charge in [0.05, 0.1) is 24.4 Å². The van der Waals surface area contributed by atoms with Crippen LogP contribution in [0, 0.1) is 0 Å². The van der Waals surface area contributed by atoms with Crippen molar-refractivity contribution in [3.63, 3.8) is 0 Å². The number of hydrogen-bond donors (Lipinski definition) is 0. The summed E-state index contributed by atoms with van der Waals surface area (Å²) in [5.41, 5.74) is 7.38. The van der Waals surface area contributed by atoms with Crippen molar-refractivity contribution in [2.45, 2.75) is 52.6 Å². The number of esters is 1. The van der Waals surface area contributed by atoms with E-state index in [2.05, 4.69) is 36.7 Å². The Morgan fingerprint density at radius 2 is 2.06 bits per heavy atom. The highest BCUT2D eigenvalue weighted by molar-refractivity contribution is 5.84. The van der Waals surface area contributed by atoms with E-state index >= 15 is 0 Å². The van der Waals surface area contributed by atoms with Gasteiger partial charge in [-0.15, -0.1) is 0 Å². The molecule has 0 amide bonds. The summed E-state index contributed by atoms with van der Waals surface area (Å²) >= 11 is 0. The Morgan fingerprint density at radius 1 is 1.23 bits per heavy atom. The first kappa shape index (κ1) is 22.7. The summed E-state index contributed by atoms with van der Waals surface area (Å²) < 4.78 is 12.6. The van der Waals surface area contributed by atoms with Crippen molar-refractivity contribution >= 4 is 17.6 Å². The van der Waals surface area contributed by atoms with Gasteiger partial charge in [0.25, 0.3) is 0 Å². The molecule has 164 valence electrons. The molecule has 0 bridgehead atoms. The predicted molar refractivity (Wildman–Crippen MR) is 123 cm³/mol. The molecule has 0 N–H and O–H groups in total. The third-order valence-corrected chi connectivity index (χ3v) is 5.35. The molecule has 0 aliphatic carbocycles. The number of unbranched alkanes of at least 4 members (excludes halogenated alkanes) is 1. The van der Waals surface area contributed by atoms with Gasteiger partial charge < -0.3 is 9.47 Å². The standard InChI is InChI=1S/C25H31N3O3/c1-5-18-14-19(16-26-15-18)25-21(10-8-9-11-24(29)31-7-3)22(17-30-4)27-28-20(6-2)12-13-23(25)28/h5,12-16H,1,6-11,17H2,2-4H3. The van der Waals surface area contributed by atoms with Gasteiger partial charge in [-0.05, 0) is 61.9 Å². The SMILES string of the molecule is C=Cc1cncc(-c2c(CCCCC(=O)OCC)c(COC)nn3c(CC)ccc23)c1. The molecule has 0 fully saturated rings. The van der Waals surface area contributed by atoms with Crippen LogP contribution in [-0.2, 0) is 33.7 Å². The van der Waals surface area contributed by atoms with E-state index in [1.807, 2.05) is 17.6 Å². The van der Waals surface area contributed by atoms with Crippen molar-refractivity contribution in [2.24, 2.45) is 0 Å². The van der Waals surface area contributed by atoms with Gasteiger partial charge in [-0.2, -0.15) is 5.10 Å². The van der Waals surface area contributed by atoms with Crippen LogP contribution in [-0.4, -0.2) is 34.3 Å². The van der Waals surface area contributed by atoms with E-state index in [4.69, 9.17) is 14.6 Å². The number of carbonyl (C=O) groups excluding carboxylic acids is 1. The molecule has 6 nitrogen and oxygen atoms in total. The lowest BCUT2D eigenvalue weighted by Crippen LogP contribution is -2.10. The zero-order valence-electron chi connectivity index (χ0n) is 18.7. The average Bonchev–Trinajstić information content (AvgIpc) is 3.19. The second-order valence-corrected chi connectivity index (χ2v) is 7.43. The Bertz CT molecular complexity index is 1060. The van der Waals surface area contributed by atoms with Crippen molar-refractivity contribution in [3.05, 3.63) is 59.7 Å². The zero-order valence-corrected chi connectivity index (χ0v) is 18.7. The van der Waals surface area contributed by atoms with Crippen molar-refractivity contribution in [2.75, 3.05) is 13.7 Å². The summed E-state index contributed by atoms with van der Waals surface area (Å²) in [5.74, 6) is -0.143. The maximum Gasteiger partial charge on any atom is 0.305 e. The van der Waals surface area contributed by atoms with E-state index in [-0.39, 0.29) is 5.97 Å². The largest absolute Gasteiger partial charge is 0.466 e. The third kappa shape index (κ3) is 5.20. The van der Waals surface area contributed by atoms with Gasteiger partial charge in [0, 0.05) is 42.7 Å². The number of rotatable bonds is 11. The van der Waals surface area contributed by atoms with Crippen LogP contribution in [0.25, 0.3) is 22.7 Å². The van der Waals surface area contributed by atoms with E-state index < -0.39 is 0 Å². The maximum atomic E-state index is 11.7. The van der Waals surface area contributed by atoms with E-state index in [0.717, 1.165) is 64.8 Å². The van der Waals surface area contributed by atoms with Crippen LogP contribution in [0.4, 0.5) is 0 Å². The molecule has 0 atom stereocenters. The Labute approximate surface area is 183 Å².